The van der Waals surface area contributed by atoms with Gasteiger partial charge in [-0.2, -0.15) is 0 Å². The fraction of sp³-hybridized carbons (Fsp3) is 0.125. The Morgan fingerprint density at radius 1 is 0.800 bits per heavy atom. The Labute approximate surface area is 115 Å². The minimum absolute atomic E-state index is 0.147. The highest BCUT2D eigenvalue weighted by molar-refractivity contribution is 5.80. The molecule has 0 amide bonds. The molecule has 4 nitrogen and oxygen atoms in total. The fourth-order valence-corrected chi connectivity index (χ4v) is 2.42. The number of benzene rings is 2. The van der Waals surface area contributed by atoms with Gasteiger partial charge in [-0.15, -0.1) is 0 Å². The number of rotatable bonds is 2. The van der Waals surface area contributed by atoms with Gasteiger partial charge in [-0.1, -0.05) is 30.3 Å². The first-order valence-corrected chi connectivity index (χ1v) is 6.54. The van der Waals surface area contributed by atoms with Crippen LogP contribution in [0.3, 0.4) is 0 Å². The van der Waals surface area contributed by atoms with Crippen LogP contribution in [0.2, 0.25) is 0 Å². The minimum atomic E-state index is -0.173. The van der Waals surface area contributed by atoms with Gasteiger partial charge in [0, 0.05) is 6.54 Å². The number of aromatic nitrogens is 2. The first-order chi connectivity index (χ1) is 9.74. The standard InChI is InChI=1S/C16H14N2O2/c1-2-17-15(19)13-10-6-7-11-14(13)16(20)18(17)12-8-4-3-5-9-12/h3-11H,2H2,1H3. The number of para-hydroxylation sites is 1. The average Bonchev–Trinajstić information content (AvgIpc) is 2.51. The highest BCUT2D eigenvalue weighted by atomic mass is 16.2. The van der Waals surface area contributed by atoms with Crippen LogP contribution in [0.1, 0.15) is 6.92 Å². The summed E-state index contributed by atoms with van der Waals surface area (Å²) in [5.41, 5.74) is 0.377. The van der Waals surface area contributed by atoms with Crippen molar-refractivity contribution in [3.05, 3.63) is 75.3 Å². The Bertz CT molecular complexity index is 876. The van der Waals surface area contributed by atoms with E-state index in [1.165, 1.54) is 9.36 Å². The molecule has 0 fully saturated rings. The van der Waals surface area contributed by atoms with Crippen molar-refractivity contribution in [3.63, 3.8) is 0 Å². The summed E-state index contributed by atoms with van der Waals surface area (Å²) in [4.78, 5) is 25.2. The highest BCUT2D eigenvalue weighted by Gasteiger charge is 2.12. The number of hydrogen-bond acceptors (Lipinski definition) is 2. The Morgan fingerprint density at radius 3 is 1.95 bits per heavy atom. The van der Waals surface area contributed by atoms with E-state index in [0.717, 1.165) is 0 Å². The van der Waals surface area contributed by atoms with E-state index in [4.69, 9.17) is 0 Å². The van der Waals surface area contributed by atoms with E-state index in [0.29, 0.717) is 23.0 Å². The Balaban J connectivity index is 2.52. The lowest BCUT2D eigenvalue weighted by Gasteiger charge is -2.15. The first kappa shape index (κ1) is 12.4. The van der Waals surface area contributed by atoms with Gasteiger partial charge in [0.1, 0.15) is 0 Å². The summed E-state index contributed by atoms with van der Waals surface area (Å²) in [5.74, 6) is 0. The maximum Gasteiger partial charge on any atom is 0.278 e. The molecule has 1 aromatic heterocycles. The molecule has 0 aliphatic carbocycles. The van der Waals surface area contributed by atoms with Crippen molar-refractivity contribution in [1.82, 2.24) is 9.36 Å². The largest absolute Gasteiger partial charge is 0.278 e. The monoisotopic (exact) mass is 266 g/mol. The number of nitrogens with zero attached hydrogens (tertiary/aromatic N) is 2. The Hall–Kier alpha value is -2.62. The van der Waals surface area contributed by atoms with E-state index < -0.39 is 0 Å². The normalized spacial score (nSPS) is 10.8. The highest BCUT2D eigenvalue weighted by Crippen LogP contribution is 2.08. The summed E-state index contributed by atoms with van der Waals surface area (Å²) in [6.45, 7) is 2.29. The molecule has 0 saturated heterocycles. The molecular weight excluding hydrogens is 252 g/mol. The molecule has 4 heteroatoms. The van der Waals surface area contributed by atoms with Crippen LogP contribution in [0.4, 0.5) is 0 Å². The van der Waals surface area contributed by atoms with Crippen LogP contribution >= 0.6 is 0 Å². The van der Waals surface area contributed by atoms with Crippen LogP contribution in [0, 0.1) is 0 Å². The van der Waals surface area contributed by atoms with Crippen molar-refractivity contribution in [2.45, 2.75) is 13.5 Å². The summed E-state index contributed by atoms with van der Waals surface area (Å²) >= 11 is 0. The smallest absolute Gasteiger partial charge is 0.267 e. The molecule has 0 radical (unpaired) electrons. The van der Waals surface area contributed by atoms with Crippen molar-refractivity contribution in [2.75, 3.05) is 0 Å². The molecule has 20 heavy (non-hydrogen) atoms. The average molecular weight is 266 g/mol. The predicted molar refractivity (Wildman–Crippen MR) is 79.5 cm³/mol. The lowest BCUT2D eigenvalue weighted by molar-refractivity contribution is 0.538. The Kier molecular flexibility index (Phi) is 2.99. The van der Waals surface area contributed by atoms with E-state index in [2.05, 4.69) is 0 Å². The molecule has 100 valence electrons. The van der Waals surface area contributed by atoms with Crippen LogP contribution in [0.5, 0.6) is 0 Å². The van der Waals surface area contributed by atoms with Gasteiger partial charge in [-0.05, 0) is 31.2 Å². The van der Waals surface area contributed by atoms with Crippen LogP contribution in [-0.4, -0.2) is 9.36 Å². The van der Waals surface area contributed by atoms with Crippen LogP contribution in [0.25, 0.3) is 16.5 Å². The zero-order valence-electron chi connectivity index (χ0n) is 11.1. The molecular formula is C16H14N2O2. The third kappa shape index (κ3) is 1.77. The third-order valence-corrected chi connectivity index (χ3v) is 3.36. The van der Waals surface area contributed by atoms with Gasteiger partial charge in [-0.25, -0.2) is 9.36 Å². The number of hydrogen-bond donors (Lipinski definition) is 0. The van der Waals surface area contributed by atoms with Crippen LogP contribution in [0.15, 0.2) is 64.2 Å². The van der Waals surface area contributed by atoms with E-state index in [1.807, 2.05) is 37.3 Å². The van der Waals surface area contributed by atoms with E-state index >= 15 is 0 Å². The minimum Gasteiger partial charge on any atom is -0.267 e. The summed E-state index contributed by atoms with van der Waals surface area (Å²) < 4.78 is 2.92. The second-order valence-corrected chi connectivity index (χ2v) is 4.52. The molecule has 0 spiro atoms. The van der Waals surface area contributed by atoms with Gasteiger partial charge in [-0.3, -0.25) is 9.59 Å². The van der Waals surface area contributed by atoms with Gasteiger partial charge in [0.15, 0.2) is 0 Å². The SMILES string of the molecule is CCn1c(=O)c2ccccc2c(=O)n1-c1ccccc1. The van der Waals surface area contributed by atoms with Crippen LogP contribution < -0.4 is 11.1 Å². The van der Waals surface area contributed by atoms with Crippen molar-refractivity contribution in [2.24, 2.45) is 0 Å². The van der Waals surface area contributed by atoms with E-state index in [9.17, 15) is 9.59 Å². The Morgan fingerprint density at radius 2 is 1.35 bits per heavy atom. The third-order valence-electron chi connectivity index (χ3n) is 3.36. The summed E-state index contributed by atoms with van der Waals surface area (Å²) in [7, 11) is 0. The zero-order chi connectivity index (χ0) is 14.1. The maximum atomic E-state index is 12.7. The molecule has 0 N–H and O–H groups in total. The van der Waals surface area contributed by atoms with Gasteiger partial charge in [0.2, 0.25) is 0 Å². The first-order valence-electron chi connectivity index (χ1n) is 6.54. The van der Waals surface area contributed by atoms with Gasteiger partial charge in [0.05, 0.1) is 16.5 Å². The summed E-state index contributed by atoms with van der Waals surface area (Å²) in [6, 6.07) is 16.2. The second-order valence-electron chi connectivity index (χ2n) is 4.52. The molecule has 2 aromatic carbocycles. The molecule has 3 aromatic rings. The van der Waals surface area contributed by atoms with Crippen molar-refractivity contribution in [1.29, 1.82) is 0 Å². The fourth-order valence-electron chi connectivity index (χ4n) is 2.42. The lowest BCUT2D eigenvalue weighted by atomic mass is 10.2. The topological polar surface area (TPSA) is 44.0 Å². The van der Waals surface area contributed by atoms with Crippen molar-refractivity contribution < 1.29 is 0 Å². The molecule has 0 bridgehead atoms. The van der Waals surface area contributed by atoms with Crippen molar-refractivity contribution >= 4 is 10.8 Å². The molecule has 0 saturated carbocycles. The molecule has 0 atom stereocenters. The summed E-state index contributed by atoms with van der Waals surface area (Å²) in [6.07, 6.45) is 0. The summed E-state index contributed by atoms with van der Waals surface area (Å²) in [5, 5.41) is 0.914. The zero-order valence-corrected chi connectivity index (χ0v) is 11.1. The second kappa shape index (κ2) is 4.81. The van der Waals surface area contributed by atoms with E-state index in [1.54, 1.807) is 24.3 Å². The molecule has 1 heterocycles. The lowest BCUT2D eigenvalue weighted by Crippen LogP contribution is -2.37. The quantitative estimate of drug-likeness (QED) is 0.713. The van der Waals surface area contributed by atoms with Gasteiger partial charge >= 0.3 is 0 Å². The molecule has 0 aliphatic heterocycles. The van der Waals surface area contributed by atoms with Gasteiger partial charge in [0.25, 0.3) is 11.1 Å². The molecule has 3 rings (SSSR count). The van der Waals surface area contributed by atoms with Crippen LogP contribution in [-0.2, 0) is 6.54 Å². The number of fused-ring (bicyclic) bond motifs is 1. The molecule has 0 aliphatic rings. The maximum absolute atomic E-state index is 12.7. The molecule has 0 unspecified atom stereocenters. The van der Waals surface area contributed by atoms with Crippen molar-refractivity contribution in [3.8, 4) is 5.69 Å². The van der Waals surface area contributed by atoms with E-state index in [-0.39, 0.29) is 11.1 Å². The van der Waals surface area contributed by atoms with Gasteiger partial charge < -0.3 is 0 Å². The predicted octanol–water partition coefficient (Wildman–Crippen LogP) is 2.17.